The van der Waals surface area contributed by atoms with Crippen molar-refractivity contribution in [3.05, 3.63) is 48.0 Å². The lowest BCUT2D eigenvalue weighted by Gasteiger charge is -2.32. The van der Waals surface area contributed by atoms with Crippen LogP contribution in [0.2, 0.25) is 0 Å². The predicted molar refractivity (Wildman–Crippen MR) is 120 cm³/mol. The number of hydrogen-bond acceptors (Lipinski definition) is 5. The van der Waals surface area contributed by atoms with E-state index in [0.29, 0.717) is 17.1 Å². The minimum absolute atomic E-state index is 0.240. The molecule has 6 nitrogen and oxygen atoms in total. The van der Waals surface area contributed by atoms with Gasteiger partial charge in [0.1, 0.15) is 0 Å². The molecule has 0 aliphatic carbocycles. The molecule has 0 saturated carbocycles. The molecule has 154 valence electrons. The Morgan fingerprint density at radius 1 is 1.03 bits per heavy atom. The zero-order chi connectivity index (χ0) is 20.8. The molecule has 0 radical (unpaired) electrons. The van der Waals surface area contributed by atoms with Crippen LogP contribution in [0.4, 0.5) is 11.4 Å². The van der Waals surface area contributed by atoms with Gasteiger partial charge in [-0.05, 0) is 73.4 Å². The summed E-state index contributed by atoms with van der Waals surface area (Å²) in [5.41, 5.74) is 2.47. The maximum absolute atomic E-state index is 12.5. The van der Waals surface area contributed by atoms with E-state index in [9.17, 15) is 4.79 Å². The van der Waals surface area contributed by atoms with Crippen LogP contribution in [0.1, 0.15) is 30.1 Å². The molecule has 1 amide bonds. The number of carbonyl (C=O) groups is 1. The van der Waals surface area contributed by atoms with Crippen LogP contribution in [-0.2, 0) is 0 Å². The molecule has 3 rings (SSSR count). The Kier molecular flexibility index (Phi) is 6.93. The topological polar surface area (TPSA) is 62.8 Å². The van der Waals surface area contributed by atoms with Crippen LogP contribution in [0.25, 0.3) is 0 Å². The zero-order valence-corrected chi connectivity index (χ0v) is 17.8. The second-order valence-corrected chi connectivity index (χ2v) is 7.60. The number of ether oxygens (including phenoxy) is 2. The summed E-state index contributed by atoms with van der Waals surface area (Å²) in [6.45, 7) is 4.49. The lowest BCUT2D eigenvalue weighted by Crippen LogP contribution is -2.34. The first-order chi connectivity index (χ1) is 14.0. The molecule has 1 aliphatic heterocycles. The standard InChI is InChI=1S/C22H27N3O3S/c1-15-10-12-25(13-11-15)18-7-5-17(6-8-18)23-22(29)24-21(26)16-4-9-19(27-2)20(14-16)28-3/h4-9,14-15H,10-13H2,1-3H3,(H2,23,24,26,29). The third kappa shape index (κ3) is 5.38. The Bertz CT molecular complexity index is 862. The van der Waals surface area contributed by atoms with Crippen LogP contribution in [-0.4, -0.2) is 38.3 Å². The first kappa shape index (κ1) is 20.9. The molecule has 1 aliphatic rings. The van der Waals surface area contributed by atoms with Gasteiger partial charge in [0.2, 0.25) is 0 Å². The van der Waals surface area contributed by atoms with Gasteiger partial charge in [-0.25, -0.2) is 0 Å². The number of piperidine rings is 1. The number of benzene rings is 2. The van der Waals surface area contributed by atoms with Crippen molar-refractivity contribution in [2.45, 2.75) is 19.8 Å². The van der Waals surface area contributed by atoms with Gasteiger partial charge in [0, 0.05) is 30.0 Å². The number of thiocarbonyl (C=S) groups is 1. The minimum Gasteiger partial charge on any atom is -0.493 e. The van der Waals surface area contributed by atoms with Crippen molar-refractivity contribution in [3.8, 4) is 11.5 Å². The molecular weight excluding hydrogens is 386 g/mol. The lowest BCUT2D eigenvalue weighted by atomic mass is 9.99. The molecular formula is C22H27N3O3S. The summed E-state index contributed by atoms with van der Waals surface area (Å²) in [6, 6.07) is 13.1. The van der Waals surface area contributed by atoms with Gasteiger partial charge < -0.3 is 19.7 Å². The van der Waals surface area contributed by atoms with Gasteiger partial charge >= 0.3 is 0 Å². The SMILES string of the molecule is COc1ccc(C(=O)NC(=S)Nc2ccc(N3CCC(C)CC3)cc2)cc1OC. The first-order valence-electron chi connectivity index (χ1n) is 9.69. The second kappa shape index (κ2) is 9.60. The number of carbonyl (C=O) groups excluding carboxylic acids is 1. The average Bonchev–Trinajstić information content (AvgIpc) is 2.74. The van der Waals surface area contributed by atoms with Crippen LogP contribution >= 0.6 is 12.2 Å². The molecule has 0 atom stereocenters. The molecule has 2 aromatic rings. The fourth-order valence-electron chi connectivity index (χ4n) is 3.34. The highest BCUT2D eigenvalue weighted by Crippen LogP contribution is 2.27. The molecule has 2 aromatic carbocycles. The average molecular weight is 414 g/mol. The largest absolute Gasteiger partial charge is 0.493 e. The lowest BCUT2D eigenvalue weighted by molar-refractivity contribution is 0.0977. The maximum atomic E-state index is 12.5. The van der Waals surface area contributed by atoms with Crippen LogP contribution < -0.4 is 25.0 Å². The van der Waals surface area contributed by atoms with Gasteiger partial charge in [0.15, 0.2) is 16.6 Å². The molecule has 0 aromatic heterocycles. The Morgan fingerprint density at radius 3 is 2.31 bits per heavy atom. The Balaban J connectivity index is 1.57. The molecule has 0 bridgehead atoms. The summed E-state index contributed by atoms with van der Waals surface area (Å²) in [5, 5.41) is 5.99. The quantitative estimate of drug-likeness (QED) is 0.721. The molecule has 1 fully saturated rings. The van der Waals surface area contributed by atoms with Crippen molar-refractivity contribution >= 4 is 34.6 Å². The van der Waals surface area contributed by atoms with Gasteiger partial charge in [-0.15, -0.1) is 0 Å². The van der Waals surface area contributed by atoms with Gasteiger partial charge in [0.25, 0.3) is 5.91 Å². The summed E-state index contributed by atoms with van der Waals surface area (Å²) in [6.07, 6.45) is 2.46. The molecule has 2 N–H and O–H groups in total. The van der Waals surface area contributed by atoms with Crippen molar-refractivity contribution in [2.24, 2.45) is 5.92 Å². The van der Waals surface area contributed by atoms with Crippen molar-refractivity contribution in [3.63, 3.8) is 0 Å². The summed E-state index contributed by atoms with van der Waals surface area (Å²) in [4.78, 5) is 14.9. The third-order valence-electron chi connectivity index (χ3n) is 5.15. The minimum atomic E-state index is -0.317. The molecule has 1 saturated heterocycles. The monoisotopic (exact) mass is 413 g/mol. The first-order valence-corrected chi connectivity index (χ1v) is 10.1. The fraction of sp³-hybridized carbons (Fsp3) is 0.364. The molecule has 0 unspecified atom stereocenters. The fourth-order valence-corrected chi connectivity index (χ4v) is 3.55. The Morgan fingerprint density at radius 2 is 1.69 bits per heavy atom. The van der Waals surface area contributed by atoms with Crippen molar-refractivity contribution in [1.82, 2.24) is 5.32 Å². The van der Waals surface area contributed by atoms with Crippen molar-refractivity contribution in [1.29, 1.82) is 0 Å². The smallest absolute Gasteiger partial charge is 0.257 e. The number of anilines is 2. The van der Waals surface area contributed by atoms with Gasteiger partial charge in [0.05, 0.1) is 14.2 Å². The van der Waals surface area contributed by atoms with E-state index >= 15 is 0 Å². The van der Waals surface area contributed by atoms with E-state index in [-0.39, 0.29) is 11.0 Å². The molecule has 0 spiro atoms. The van der Waals surface area contributed by atoms with E-state index in [1.807, 2.05) is 12.1 Å². The zero-order valence-electron chi connectivity index (χ0n) is 17.0. The number of nitrogens with one attached hydrogen (secondary N) is 2. The van der Waals surface area contributed by atoms with Gasteiger partial charge in [-0.3, -0.25) is 10.1 Å². The number of rotatable bonds is 5. The van der Waals surface area contributed by atoms with E-state index in [1.165, 1.54) is 25.6 Å². The maximum Gasteiger partial charge on any atom is 0.257 e. The molecule has 29 heavy (non-hydrogen) atoms. The van der Waals surface area contributed by atoms with Crippen LogP contribution in [0.15, 0.2) is 42.5 Å². The highest BCUT2D eigenvalue weighted by Gasteiger charge is 2.16. The predicted octanol–water partition coefficient (Wildman–Crippen LogP) is 4.07. The summed E-state index contributed by atoms with van der Waals surface area (Å²) < 4.78 is 10.4. The summed E-state index contributed by atoms with van der Waals surface area (Å²) >= 11 is 5.28. The molecule has 1 heterocycles. The van der Waals surface area contributed by atoms with Crippen LogP contribution in [0.3, 0.4) is 0 Å². The van der Waals surface area contributed by atoms with Crippen LogP contribution in [0, 0.1) is 5.92 Å². The normalized spacial score (nSPS) is 14.2. The summed E-state index contributed by atoms with van der Waals surface area (Å²) in [7, 11) is 3.08. The number of methoxy groups -OCH3 is 2. The second-order valence-electron chi connectivity index (χ2n) is 7.19. The highest BCUT2D eigenvalue weighted by atomic mass is 32.1. The Hall–Kier alpha value is -2.80. The van der Waals surface area contributed by atoms with Crippen molar-refractivity contribution in [2.75, 3.05) is 37.5 Å². The number of amides is 1. The highest BCUT2D eigenvalue weighted by molar-refractivity contribution is 7.80. The van der Waals surface area contributed by atoms with E-state index in [0.717, 1.165) is 24.7 Å². The van der Waals surface area contributed by atoms with E-state index < -0.39 is 0 Å². The number of nitrogens with zero attached hydrogens (tertiary/aromatic N) is 1. The third-order valence-corrected chi connectivity index (χ3v) is 5.35. The Labute approximate surface area is 177 Å². The van der Waals surface area contributed by atoms with Crippen molar-refractivity contribution < 1.29 is 14.3 Å². The molecule has 7 heteroatoms. The van der Waals surface area contributed by atoms with E-state index in [1.54, 1.807) is 25.3 Å². The summed E-state index contributed by atoms with van der Waals surface area (Å²) in [5.74, 6) is 1.54. The van der Waals surface area contributed by atoms with Crippen LogP contribution in [0.5, 0.6) is 11.5 Å². The van der Waals surface area contributed by atoms with E-state index in [2.05, 4.69) is 34.6 Å². The number of hydrogen-bond donors (Lipinski definition) is 2. The van der Waals surface area contributed by atoms with E-state index in [4.69, 9.17) is 21.7 Å². The van der Waals surface area contributed by atoms with Gasteiger partial charge in [-0.1, -0.05) is 6.92 Å². The van der Waals surface area contributed by atoms with Gasteiger partial charge in [-0.2, -0.15) is 0 Å².